The van der Waals surface area contributed by atoms with Crippen molar-refractivity contribution in [2.24, 2.45) is 0 Å². The van der Waals surface area contributed by atoms with Gasteiger partial charge in [0.2, 0.25) is 0 Å². The third-order valence-corrected chi connectivity index (χ3v) is 3.93. The number of benzene rings is 2. The maximum atomic E-state index is 12.5. The number of rotatable bonds is 6. The number of aryl methyl sites for hydroxylation is 1. The summed E-state index contributed by atoms with van der Waals surface area (Å²) in [7, 11) is 0. The zero-order chi connectivity index (χ0) is 16.1. The van der Waals surface area contributed by atoms with Gasteiger partial charge in [0.15, 0.2) is 5.78 Å². The molecule has 0 spiro atoms. The maximum Gasteiger partial charge on any atom is 0.193 e. The van der Waals surface area contributed by atoms with Crippen LogP contribution in [-0.4, -0.2) is 29.4 Å². The lowest BCUT2D eigenvalue weighted by molar-refractivity contribution is 0.103. The molecule has 2 rings (SSSR count). The van der Waals surface area contributed by atoms with Crippen LogP contribution in [0.1, 0.15) is 21.5 Å². The number of carbonyl (C=O) groups is 1. The molecule has 5 heteroatoms. The number of nitrogens with one attached hydrogen (secondary N) is 1. The van der Waals surface area contributed by atoms with E-state index >= 15 is 0 Å². The molecular formula is C17H17Cl2NO2. The van der Waals surface area contributed by atoms with Crippen molar-refractivity contribution in [1.82, 2.24) is 0 Å². The Morgan fingerprint density at radius 3 is 2.45 bits per heavy atom. The topological polar surface area (TPSA) is 49.3 Å². The van der Waals surface area contributed by atoms with E-state index in [1.807, 2.05) is 19.1 Å². The summed E-state index contributed by atoms with van der Waals surface area (Å²) in [5.41, 5.74) is 2.87. The van der Waals surface area contributed by atoms with Crippen molar-refractivity contribution in [3.63, 3.8) is 0 Å². The van der Waals surface area contributed by atoms with Gasteiger partial charge in [-0.1, -0.05) is 41.4 Å². The second-order valence-corrected chi connectivity index (χ2v) is 5.79. The minimum absolute atomic E-state index is 0.0717. The van der Waals surface area contributed by atoms with E-state index in [2.05, 4.69) is 5.32 Å². The van der Waals surface area contributed by atoms with Crippen molar-refractivity contribution < 1.29 is 9.90 Å². The average Bonchev–Trinajstić information content (AvgIpc) is 2.53. The van der Waals surface area contributed by atoms with Crippen LogP contribution in [0.5, 0.6) is 0 Å². The molecule has 0 aliphatic carbocycles. The zero-order valence-electron chi connectivity index (χ0n) is 12.1. The summed E-state index contributed by atoms with van der Waals surface area (Å²) < 4.78 is 0. The number of hydrogen-bond acceptors (Lipinski definition) is 3. The molecule has 0 saturated carbocycles. The summed E-state index contributed by atoms with van der Waals surface area (Å²) >= 11 is 11.7. The van der Waals surface area contributed by atoms with E-state index in [1.165, 1.54) is 0 Å². The summed E-state index contributed by atoms with van der Waals surface area (Å²) in [5.74, 6) is 0.0599. The van der Waals surface area contributed by atoms with E-state index in [9.17, 15) is 9.90 Å². The molecule has 116 valence electrons. The molecule has 3 nitrogen and oxygen atoms in total. The van der Waals surface area contributed by atoms with E-state index in [1.54, 1.807) is 30.3 Å². The monoisotopic (exact) mass is 337 g/mol. The Kier molecular flexibility index (Phi) is 5.83. The van der Waals surface area contributed by atoms with Crippen LogP contribution in [0, 0.1) is 6.92 Å². The standard InChI is InChI=1S/C17H17Cl2NO2/c1-11-2-4-12(5-3-11)17(22)13-6-7-15(19)16(8-13)20-10-14(21)9-18/h2-8,14,20-21H,9-10H2,1H3. The predicted molar refractivity (Wildman–Crippen MR) is 91.3 cm³/mol. The fourth-order valence-electron chi connectivity index (χ4n) is 1.96. The number of halogens is 2. The van der Waals surface area contributed by atoms with Crippen LogP contribution < -0.4 is 5.32 Å². The highest BCUT2D eigenvalue weighted by molar-refractivity contribution is 6.33. The summed E-state index contributed by atoms with van der Waals surface area (Å²) in [5, 5.41) is 13.0. The molecule has 0 aliphatic heterocycles. The molecule has 1 unspecified atom stereocenters. The second kappa shape index (κ2) is 7.63. The Morgan fingerprint density at radius 2 is 1.82 bits per heavy atom. The van der Waals surface area contributed by atoms with Crippen molar-refractivity contribution in [1.29, 1.82) is 0 Å². The van der Waals surface area contributed by atoms with E-state index in [4.69, 9.17) is 23.2 Å². The van der Waals surface area contributed by atoms with Gasteiger partial charge in [0.25, 0.3) is 0 Å². The van der Waals surface area contributed by atoms with Gasteiger partial charge in [-0.05, 0) is 25.1 Å². The summed E-state index contributed by atoms with van der Waals surface area (Å²) in [6.07, 6.45) is -0.672. The van der Waals surface area contributed by atoms with Crippen LogP contribution in [0.15, 0.2) is 42.5 Å². The van der Waals surface area contributed by atoms with E-state index < -0.39 is 6.10 Å². The van der Waals surface area contributed by atoms with Gasteiger partial charge in [0, 0.05) is 17.7 Å². The first kappa shape index (κ1) is 16.8. The van der Waals surface area contributed by atoms with Gasteiger partial charge in [0.1, 0.15) is 0 Å². The normalized spacial score (nSPS) is 12.0. The third-order valence-electron chi connectivity index (χ3n) is 3.25. The van der Waals surface area contributed by atoms with Crippen molar-refractivity contribution in [3.05, 3.63) is 64.2 Å². The van der Waals surface area contributed by atoms with Crippen molar-refractivity contribution >= 4 is 34.7 Å². The number of alkyl halides is 1. The number of aliphatic hydroxyl groups excluding tert-OH is 1. The molecule has 22 heavy (non-hydrogen) atoms. The van der Waals surface area contributed by atoms with Crippen LogP contribution >= 0.6 is 23.2 Å². The van der Waals surface area contributed by atoms with Crippen LogP contribution in [-0.2, 0) is 0 Å². The number of carbonyl (C=O) groups excluding carboxylic acids is 1. The molecule has 2 aromatic carbocycles. The number of ketones is 1. The van der Waals surface area contributed by atoms with Crippen molar-refractivity contribution in [2.45, 2.75) is 13.0 Å². The Morgan fingerprint density at radius 1 is 1.18 bits per heavy atom. The lowest BCUT2D eigenvalue weighted by Crippen LogP contribution is -2.21. The molecular weight excluding hydrogens is 321 g/mol. The zero-order valence-corrected chi connectivity index (χ0v) is 13.7. The molecule has 0 aliphatic rings. The highest BCUT2D eigenvalue weighted by Crippen LogP contribution is 2.24. The minimum Gasteiger partial charge on any atom is -0.390 e. The Balaban J connectivity index is 2.21. The Bertz CT molecular complexity index is 656. The summed E-state index contributed by atoms with van der Waals surface area (Å²) in [6.45, 7) is 2.24. The van der Waals surface area contributed by atoms with Crippen LogP contribution in [0.3, 0.4) is 0 Å². The highest BCUT2D eigenvalue weighted by Gasteiger charge is 2.12. The van der Waals surface area contributed by atoms with Gasteiger partial charge in [-0.3, -0.25) is 4.79 Å². The fourth-order valence-corrected chi connectivity index (χ4v) is 2.25. The molecule has 0 bridgehead atoms. The SMILES string of the molecule is Cc1ccc(C(=O)c2ccc(Cl)c(NCC(O)CCl)c2)cc1. The third kappa shape index (κ3) is 4.23. The summed E-state index contributed by atoms with van der Waals surface area (Å²) in [6, 6.07) is 12.4. The first-order valence-corrected chi connectivity index (χ1v) is 7.81. The molecule has 0 aromatic heterocycles. The van der Waals surface area contributed by atoms with Crippen LogP contribution in [0.4, 0.5) is 5.69 Å². The summed E-state index contributed by atoms with van der Waals surface area (Å²) in [4.78, 5) is 12.5. The van der Waals surface area contributed by atoms with Gasteiger partial charge in [-0.15, -0.1) is 11.6 Å². The molecule has 0 amide bonds. The lowest BCUT2D eigenvalue weighted by Gasteiger charge is -2.12. The fraction of sp³-hybridized carbons (Fsp3) is 0.235. The van der Waals surface area contributed by atoms with E-state index in [0.29, 0.717) is 21.8 Å². The largest absolute Gasteiger partial charge is 0.390 e. The molecule has 0 fully saturated rings. The number of anilines is 1. The number of aliphatic hydroxyl groups is 1. The molecule has 0 heterocycles. The smallest absolute Gasteiger partial charge is 0.193 e. The first-order chi connectivity index (χ1) is 10.5. The van der Waals surface area contributed by atoms with Crippen LogP contribution in [0.25, 0.3) is 0 Å². The molecule has 2 aromatic rings. The van der Waals surface area contributed by atoms with Crippen LogP contribution in [0.2, 0.25) is 5.02 Å². The second-order valence-electron chi connectivity index (χ2n) is 5.08. The van der Waals surface area contributed by atoms with E-state index in [-0.39, 0.29) is 18.2 Å². The van der Waals surface area contributed by atoms with Crippen molar-refractivity contribution in [3.8, 4) is 0 Å². The highest BCUT2D eigenvalue weighted by atomic mass is 35.5. The number of hydrogen-bond donors (Lipinski definition) is 2. The molecule has 1 atom stereocenters. The Labute approximate surface area is 139 Å². The Hall–Kier alpha value is -1.55. The van der Waals surface area contributed by atoms with Gasteiger partial charge in [-0.2, -0.15) is 0 Å². The minimum atomic E-state index is -0.672. The average molecular weight is 338 g/mol. The van der Waals surface area contributed by atoms with E-state index in [0.717, 1.165) is 5.56 Å². The molecule has 2 N–H and O–H groups in total. The molecule has 0 radical (unpaired) electrons. The van der Waals surface area contributed by atoms with Gasteiger partial charge in [-0.25, -0.2) is 0 Å². The molecule has 0 saturated heterocycles. The van der Waals surface area contributed by atoms with Gasteiger partial charge >= 0.3 is 0 Å². The van der Waals surface area contributed by atoms with Gasteiger partial charge < -0.3 is 10.4 Å². The predicted octanol–water partition coefficient (Wildman–Crippen LogP) is 3.89. The maximum absolute atomic E-state index is 12.5. The lowest BCUT2D eigenvalue weighted by atomic mass is 10.0. The quantitative estimate of drug-likeness (QED) is 0.621. The van der Waals surface area contributed by atoms with Crippen molar-refractivity contribution in [2.75, 3.05) is 17.7 Å². The van der Waals surface area contributed by atoms with Gasteiger partial charge in [0.05, 0.1) is 22.7 Å². The first-order valence-electron chi connectivity index (χ1n) is 6.90.